The minimum atomic E-state index is -4.60. The number of carbonyl (C=O) groups excluding carboxylic acids is 2. The highest BCUT2D eigenvalue weighted by atomic mass is 31.2. The van der Waals surface area contributed by atoms with Gasteiger partial charge in [-0.15, -0.1) is 0 Å². The van der Waals surface area contributed by atoms with Gasteiger partial charge in [0.2, 0.25) is 0 Å². The summed E-state index contributed by atoms with van der Waals surface area (Å²) < 4.78 is 32.6. The van der Waals surface area contributed by atoms with Crippen LogP contribution in [-0.2, 0) is 32.7 Å². The molecule has 0 saturated carbocycles. The van der Waals surface area contributed by atoms with Crippen molar-refractivity contribution in [3.63, 3.8) is 0 Å². The van der Waals surface area contributed by atoms with Crippen molar-refractivity contribution in [2.45, 2.75) is 232 Å². The number of aliphatic hydroxyl groups is 2. The van der Waals surface area contributed by atoms with E-state index in [0.29, 0.717) is 12.8 Å². The Hall–Kier alpha value is -1.03. The summed E-state index contributed by atoms with van der Waals surface area (Å²) in [4.78, 5) is 34.8. The topological polar surface area (TPSA) is 149 Å². The molecule has 1 unspecified atom stereocenters. The highest BCUT2D eigenvalue weighted by Gasteiger charge is 2.27. The Balaban J connectivity index is 4.08. The molecule has 0 aromatic heterocycles. The van der Waals surface area contributed by atoms with Gasteiger partial charge in [-0.1, -0.05) is 194 Å². The van der Waals surface area contributed by atoms with Crippen molar-refractivity contribution < 1.29 is 47.8 Å². The van der Waals surface area contributed by atoms with Crippen LogP contribution in [0.1, 0.15) is 219 Å². The van der Waals surface area contributed by atoms with E-state index in [2.05, 4.69) is 18.4 Å². The van der Waals surface area contributed by atoms with E-state index in [1.807, 2.05) is 0 Å². The third-order valence-electron chi connectivity index (χ3n) is 9.76. The quantitative estimate of drug-likeness (QED) is 0.0310. The molecule has 0 aliphatic heterocycles. The minimum absolute atomic E-state index is 0.192. The number of unbranched alkanes of at least 4 members (excludes halogenated alkanes) is 28. The SMILES string of the molecule is CCCCCCCCCCCCCCCCCCCCCCCCC(=O)O[C@H](COC(=O)CCCCCCCCCC)COP(=O)(O)OC[C@@H](O)CO. The van der Waals surface area contributed by atoms with Gasteiger partial charge in [-0.25, -0.2) is 4.57 Å². The number of ether oxygens (including phenoxy) is 2. The molecule has 316 valence electrons. The summed E-state index contributed by atoms with van der Waals surface area (Å²) in [7, 11) is -4.60. The molecule has 11 heteroatoms. The van der Waals surface area contributed by atoms with E-state index in [0.717, 1.165) is 38.5 Å². The van der Waals surface area contributed by atoms with Crippen molar-refractivity contribution in [1.29, 1.82) is 0 Å². The van der Waals surface area contributed by atoms with Crippen molar-refractivity contribution in [2.24, 2.45) is 0 Å². The van der Waals surface area contributed by atoms with E-state index >= 15 is 0 Å². The Morgan fingerprint density at radius 3 is 1.17 bits per heavy atom. The van der Waals surface area contributed by atoms with Gasteiger partial charge >= 0.3 is 19.8 Å². The van der Waals surface area contributed by atoms with Crippen LogP contribution in [0.15, 0.2) is 0 Å². The molecule has 0 radical (unpaired) electrons. The van der Waals surface area contributed by atoms with Gasteiger partial charge in [0.15, 0.2) is 6.10 Å². The zero-order valence-corrected chi connectivity index (χ0v) is 35.2. The van der Waals surface area contributed by atoms with E-state index in [1.165, 1.54) is 141 Å². The minimum Gasteiger partial charge on any atom is -0.462 e. The van der Waals surface area contributed by atoms with Gasteiger partial charge in [0.05, 0.1) is 19.8 Å². The van der Waals surface area contributed by atoms with E-state index in [1.54, 1.807) is 0 Å². The first-order valence-electron chi connectivity index (χ1n) is 22.0. The summed E-state index contributed by atoms with van der Waals surface area (Å²) in [5.41, 5.74) is 0. The van der Waals surface area contributed by atoms with E-state index < -0.39 is 51.8 Å². The average Bonchev–Trinajstić information content (AvgIpc) is 3.14. The van der Waals surface area contributed by atoms with Crippen molar-refractivity contribution in [3.8, 4) is 0 Å². The van der Waals surface area contributed by atoms with Crippen LogP contribution in [0.4, 0.5) is 0 Å². The summed E-state index contributed by atoms with van der Waals surface area (Å²) in [6, 6.07) is 0. The summed E-state index contributed by atoms with van der Waals surface area (Å²) in [5, 5.41) is 18.3. The maximum Gasteiger partial charge on any atom is 0.472 e. The Labute approximate surface area is 324 Å². The van der Waals surface area contributed by atoms with Crippen LogP contribution in [0.2, 0.25) is 0 Å². The van der Waals surface area contributed by atoms with Crippen molar-refractivity contribution >= 4 is 19.8 Å². The van der Waals surface area contributed by atoms with Crippen LogP contribution < -0.4 is 0 Å². The van der Waals surface area contributed by atoms with Crippen LogP contribution in [0.5, 0.6) is 0 Å². The molecule has 0 amide bonds. The lowest BCUT2D eigenvalue weighted by atomic mass is 10.0. The van der Waals surface area contributed by atoms with Crippen LogP contribution in [-0.4, -0.2) is 65.7 Å². The number of aliphatic hydroxyl groups excluding tert-OH is 2. The van der Waals surface area contributed by atoms with E-state index in [4.69, 9.17) is 19.1 Å². The number of hydrogen-bond acceptors (Lipinski definition) is 9. The first-order chi connectivity index (χ1) is 25.7. The van der Waals surface area contributed by atoms with E-state index in [-0.39, 0.29) is 19.4 Å². The molecule has 3 N–H and O–H groups in total. The molecule has 0 fully saturated rings. The molecular weight excluding hydrogens is 695 g/mol. The van der Waals surface area contributed by atoms with Gasteiger partial charge in [0.25, 0.3) is 0 Å². The first-order valence-corrected chi connectivity index (χ1v) is 23.5. The second-order valence-electron chi connectivity index (χ2n) is 15.1. The lowest BCUT2D eigenvalue weighted by molar-refractivity contribution is -0.161. The monoisotopic (exact) mass is 779 g/mol. The zero-order valence-electron chi connectivity index (χ0n) is 34.3. The lowest BCUT2D eigenvalue weighted by Gasteiger charge is -2.20. The highest BCUT2D eigenvalue weighted by molar-refractivity contribution is 7.47. The molecule has 10 nitrogen and oxygen atoms in total. The third kappa shape index (κ3) is 39.0. The summed E-state index contributed by atoms with van der Waals surface area (Å²) in [6.07, 6.45) is 35.2. The fraction of sp³-hybridized carbons (Fsp3) is 0.952. The first kappa shape index (κ1) is 52.0. The van der Waals surface area contributed by atoms with Crippen molar-refractivity contribution in [3.05, 3.63) is 0 Å². The van der Waals surface area contributed by atoms with Crippen molar-refractivity contribution in [2.75, 3.05) is 26.4 Å². The molecule has 0 spiro atoms. The van der Waals surface area contributed by atoms with Gasteiger partial charge in [-0.3, -0.25) is 18.6 Å². The summed E-state index contributed by atoms with van der Waals surface area (Å²) in [5.74, 6) is -0.915. The van der Waals surface area contributed by atoms with Crippen LogP contribution in [0.3, 0.4) is 0 Å². The van der Waals surface area contributed by atoms with Gasteiger partial charge in [-0.2, -0.15) is 0 Å². The number of rotatable bonds is 42. The smallest absolute Gasteiger partial charge is 0.462 e. The predicted octanol–water partition coefficient (Wildman–Crippen LogP) is 11.5. The van der Waals surface area contributed by atoms with Crippen molar-refractivity contribution in [1.82, 2.24) is 0 Å². The Bertz CT molecular complexity index is 858. The molecule has 0 saturated heterocycles. The van der Waals surface area contributed by atoms with Gasteiger partial charge in [0, 0.05) is 12.8 Å². The standard InChI is InChI=1S/C42H83O10P/c1-3-5-7-9-11-13-14-15-16-17-18-19-20-21-22-23-24-25-26-28-30-32-34-42(46)52-40(38-51-53(47,48)50-36-39(44)35-43)37-49-41(45)33-31-29-27-12-10-8-6-4-2/h39-40,43-44H,3-38H2,1-2H3,(H,47,48)/t39-,40+/m0/s1. The van der Waals surface area contributed by atoms with Crippen LogP contribution in [0.25, 0.3) is 0 Å². The molecule has 0 bridgehead atoms. The van der Waals surface area contributed by atoms with Gasteiger partial charge < -0.3 is 24.6 Å². The van der Waals surface area contributed by atoms with Crippen LogP contribution in [0, 0.1) is 0 Å². The Morgan fingerprint density at radius 1 is 0.491 bits per heavy atom. The number of phosphoric ester groups is 1. The highest BCUT2D eigenvalue weighted by Crippen LogP contribution is 2.43. The Kier molecular flexibility index (Phi) is 38.5. The molecule has 0 heterocycles. The third-order valence-corrected chi connectivity index (χ3v) is 10.7. The molecule has 53 heavy (non-hydrogen) atoms. The van der Waals surface area contributed by atoms with E-state index in [9.17, 15) is 24.2 Å². The second kappa shape index (κ2) is 39.2. The zero-order chi connectivity index (χ0) is 39.1. The maximum atomic E-state index is 12.6. The molecule has 0 rings (SSSR count). The Morgan fingerprint density at radius 2 is 0.811 bits per heavy atom. The molecular formula is C42H83O10P. The number of carbonyl (C=O) groups is 2. The fourth-order valence-corrected chi connectivity index (χ4v) is 7.14. The summed E-state index contributed by atoms with van der Waals surface area (Å²) >= 11 is 0. The van der Waals surface area contributed by atoms with Gasteiger partial charge in [0.1, 0.15) is 12.7 Å². The maximum absolute atomic E-state index is 12.6. The molecule has 0 aliphatic rings. The molecule has 0 aliphatic carbocycles. The number of esters is 2. The normalized spacial score (nSPS) is 13.8. The largest absolute Gasteiger partial charge is 0.472 e. The predicted molar refractivity (Wildman–Crippen MR) is 215 cm³/mol. The molecule has 0 aromatic rings. The molecule has 0 aromatic carbocycles. The van der Waals surface area contributed by atoms with Gasteiger partial charge in [-0.05, 0) is 12.8 Å². The molecule has 3 atom stereocenters. The lowest BCUT2D eigenvalue weighted by Crippen LogP contribution is -2.29. The van der Waals surface area contributed by atoms with Crippen LogP contribution >= 0.6 is 7.82 Å². The average molecular weight is 779 g/mol. The fourth-order valence-electron chi connectivity index (χ4n) is 6.35. The number of phosphoric acid groups is 1. The number of hydrogen-bond donors (Lipinski definition) is 3. The summed E-state index contributed by atoms with van der Waals surface area (Å²) in [6.45, 7) is 2.38. The second-order valence-corrected chi connectivity index (χ2v) is 16.5.